The minimum absolute atomic E-state index is 0.0420. The van der Waals surface area contributed by atoms with E-state index in [-0.39, 0.29) is 6.42 Å². The minimum Gasteiger partial charge on any atom is -0.481 e. The fourth-order valence-corrected chi connectivity index (χ4v) is 3.07. The number of aryl methyl sites for hydroxylation is 2. The van der Waals surface area contributed by atoms with Crippen molar-refractivity contribution in [3.8, 4) is 11.1 Å². The molecule has 0 heterocycles. The van der Waals surface area contributed by atoms with Gasteiger partial charge in [0.1, 0.15) is 0 Å². The van der Waals surface area contributed by atoms with E-state index in [0.29, 0.717) is 0 Å². The van der Waals surface area contributed by atoms with Crippen LogP contribution in [0.1, 0.15) is 16.7 Å². The topological polar surface area (TPSA) is 37.3 Å². The van der Waals surface area contributed by atoms with Gasteiger partial charge in [-0.1, -0.05) is 54.6 Å². The third-order valence-corrected chi connectivity index (χ3v) is 4.12. The van der Waals surface area contributed by atoms with Gasteiger partial charge in [0.05, 0.1) is 6.42 Å². The van der Waals surface area contributed by atoms with Crippen LogP contribution in [0, 0.1) is 13.8 Å². The molecule has 0 amide bonds. The van der Waals surface area contributed by atoms with Gasteiger partial charge < -0.3 is 5.11 Å². The van der Waals surface area contributed by atoms with Crippen LogP contribution in [0.3, 0.4) is 0 Å². The summed E-state index contributed by atoms with van der Waals surface area (Å²) in [5.74, 6) is -0.798. The van der Waals surface area contributed by atoms with E-state index >= 15 is 0 Å². The van der Waals surface area contributed by atoms with Gasteiger partial charge in [0.15, 0.2) is 0 Å². The monoisotopic (exact) mass is 290 g/mol. The van der Waals surface area contributed by atoms with E-state index < -0.39 is 5.97 Å². The highest BCUT2D eigenvalue weighted by Gasteiger charge is 2.16. The Balaban J connectivity index is 2.43. The number of carboxylic acid groups (broad SMARTS) is 1. The summed E-state index contributed by atoms with van der Waals surface area (Å²) in [6.07, 6.45) is 0.0420. The molecule has 0 atom stereocenters. The fraction of sp³-hybridized carbons (Fsp3) is 0.150. The first kappa shape index (κ1) is 14.3. The second-order valence-electron chi connectivity index (χ2n) is 5.65. The molecule has 0 spiro atoms. The van der Waals surface area contributed by atoms with Crippen molar-refractivity contribution in [1.82, 2.24) is 0 Å². The van der Waals surface area contributed by atoms with Crippen molar-refractivity contribution in [2.75, 3.05) is 0 Å². The normalized spacial score (nSPS) is 10.8. The molecular formula is C20H18O2. The van der Waals surface area contributed by atoms with Crippen molar-refractivity contribution in [1.29, 1.82) is 0 Å². The van der Waals surface area contributed by atoms with Crippen LogP contribution in [0.5, 0.6) is 0 Å². The van der Waals surface area contributed by atoms with Gasteiger partial charge >= 0.3 is 5.97 Å². The molecule has 1 N–H and O–H groups in total. The molecule has 22 heavy (non-hydrogen) atoms. The molecule has 0 unspecified atom stereocenters. The van der Waals surface area contributed by atoms with Gasteiger partial charge in [0.25, 0.3) is 0 Å². The molecule has 0 radical (unpaired) electrons. The maximum atomic E-state index is 11.3. The molecule has 0 fully saturated rings. The fourth-order valence-electron chi connectivity index (χ4n) is 3.07. The summed E-state index contributed by atoms with van der Waals surface area (Å²) in [4.78, 5) is 11.3. The number of carboxylic acids is 1. The molecule has 0 saturated heterocycles. The van der Waals surface area contributed by atoms with Crippen molar-refractivity contribution in [3.05, 3.63) is 71.3 Å². The van der Waals surface area contributed by atoms with E-state index in [2.05, 4.69) is 37.3 Å². The summed E-state index contributed by atoms with van der Waals surface area (Å²) < 4.78 is 0. The molecule has 3 aromatic rings. The van der Waals surface area contributed by atoms with Crippen LogP contribution in [0.2, 0.25) is 0 Å². The third-order valence-electron chi connectivity index (χ3n) is 4.12. The minimum atomic E-state index is -0.798. The summed E-state index contributed by atoms with van der Waals surface area (Å²) >= 11 is 0. The van der Waals surface area contributed by atoms with Crippen LogP contribution >= 0.6 is 0 Å². The smallest absolute Gasteiger partial charge is 0.307 e. The zero-order chi connectivity index (χ0) is 15.7. The number of fused-ring (bicyclic) bond motifs is 1. The summed E-state index contributed by atoms with van der Waals surface area (Å²) in [7, 11) is 0. The number of hydrogen-bond acceptors (Lipinski definition) is 1. The van der Waals surface area contributed by atoms with Crippen molar-refractivity contribution in [2.24, 2.45) is 0 Å². The molecule has 0 saturated carbocycles. The number of carbonyl (C=O) groups is 1. The molecular weight excluding hydrogens is 272 g/mol. The average Bonchev–Trinajstić information content (AvgIpc) is 2.49. The van der Waals surface area contributed by atoms with E-state index in [0.717, 1.165) is 38.6 Å². The highest BCUT2D eigenvalue weighted by molar-refractivity contribution is 6.00. The predicted octanol–water partition coefficient (Wildman–Crippen LogP) is 4.75. The molecule has 3 aromatic carbocycles. The number of aliphatic carboxylic acids is 1. The third kappa shape index (κ3) is 2.48. The predicted molar refractivity (Wildman–Crippen MR) is 90.2 cm³/mol. The summed E-state index contributed by atoms with van der Waals surface area (Å²) in [5, 5.41) is 11.6. The Kier molecular flexibility index (Phi) is 3.68. The second kappa shape index (κ2) is 5.64. The second-order valence-corrected chi connectivity index (χ2v) is 5.65. The van der Waals surface area contributed by atoms with Gasteiger partial charge in [-0.25, -0.2) is 0 Å². The Morgan fingerprint density at radius 1 is 0.955 bits per heavy atom. The quantitative estimate of drug-likeness (QED) is 0.755. The van der Waals surface area contributed by atoms with Gasteiger partial charge in [-0.05, 0) is 52.4 Å². The van der Waals surface area contributed by atoms with E-state index in [4.69, 9.17) is 0 Å². The zero-order valence-corrected chi connectivity index (χ0v) is 12.8. The standard InChI is InChI=1S/C20H18O2/c1-13-7-3-5-9-16(13)20-17-10-6-4-8-15(17)11-14(2)18(20)12-19(21)22/h3-11H,12H2,1-2H3,(H,21,22). The van der Waals surface area contributed by atoms with Crippen molar-refractivity contribution in [3.63, 3.8) is 0 Å². The maximum absolute atomic E-state index is 11.3. The van der Waals surface area contributed by atoms with E-state index in [9.17, 15) is 9.90 Å². The highest BCUT2D eigenvalue weighted by Crippen LogP contribution is 2.36. The van der Waals surface area contributed by atoms with E-state index in [1.807, 2.05) is 31.2 Å². The van der Waals surface area contributed by atoms with Crippen LogP contribution in [0.25, 0.3) is 21.9 Å². The molecule has 2 nitrogen and oxygen atoms in total. The lowest BCUT2D eigenvalue weighted by Crippen LogP contribution is -2.05. The van der Waals surface area contributed by atoms with Crippen molar-refractivity contribution < 1.29 is 9.90 Å². The first-order chi connectivity index (χ1) is 10.6. The molecule has 0 aliphatic heterocycles. The number of rotatable bonds is 3. The van der Waals surface area contributed by atoms with Crippen LogP contribution in [-0.2, 0) is 11.2 Å². The van der Waals surface area contributed by atoms with Crippen LogP contribution in [0.4, 0.5) is 0 Å². The van der Waals surface area contributed by atoms with E-state index in [1.54, 1.807) is 0 Å². The average molecular weight is 290 g/mol. The SMILES string of the molecule is Cc1ccccc1-c1c(CC(=O)O)c(C)cc2ccccc12. The molecule has 0 aliphatic rings. The van der Waals surface area contributed by atoms with Gasteiger partial charge in [0.2, 0.25) is 0 Å². The Bertz CT molecular complexity index is 863. The number of benzene rings is 3. The zero-order valence-electron chi connectivity index (χ0n) is 12.8. The van der Waals surface area contributed by atoms with Crippen molar-refractivity contribution >= 4 is 16.7 Å². The summed E-state index contributed by atoms with van der Waals surface area (Å²) in [6, 6.07) is 18.4. The first-order valence-electron chi connectivity index (χ1n) is 7.37. The lowest BCUT2D eigenvalue weighted by atomic mass is 9.87. The molecule has 0 aliphatic carbocycles. The molecule has 0 aromatic heterocycles. The molecule has 2 heteroatoms. The van der Waals surface area contributed by atoms with Gasteiger partial charge in [-0.2, -0.15) is 0 Å². The molecule has 110 valence electrons. The summed E-state index contributed by atoms with van der Waals surface area (Å²) in [5.41, 5.74) is 5.25. The lowest BCUT2D eigenvalue weighted by Gasteiger charge is -2.17. The van der Waals surface area contributed by atoms with Gasteiger partial charge in [-0.15, -0.1) is 0 Å². The maximum Gasteiger partial charge on any atom is 0.307 e. The molecule has 3 rings (SSSR count). The van der Waals surface area contributed by atoms with E-state index in [1.165, 1.54) is 0 Å². The Labute approximate surface area is 130 Å². The number of hydrogen-bond donors (Lipinski definition) is 1. The largest absolute Gasteiger partial charge is 0.481 e. The Morgan fingerprint density at radius 2 is 1.64 bits per heavy atom. The van der Waals surface area contributed by atoms with Crippen molar-refractivity contribution in [2.45, 2.75) is 20.3 Å². The lowest BCUT2D eigenvalue weighted by molar-refractivity contribution is -0.136. The van der Waals surface area contributed by atoms with Crippen LogP contribution in [-0.4, -0.2) is 11.1 Å². The van der Waals surface area contributed by atoms with Gasteiger partial charge in [0, 0.05) is 0 Å². The molecule has 0 bridgehead atoms. The Hall–Kier alpha value is -2.61. The van der Waals surface area contributed by atoms with Crippen LogP contribution < -0.4 is 0 Å². The van der Waals surface area contributed by atoms with Crippen LogP contribution in [0.15, 0.2) is 54.6 Å². The summed E-state index contributed by atoms with van der Waals surface area (Å²) in [6.45, 7) is 4.06. The Morgan fingerprint density at radius 3 is 2.36 bits per heavy atom. The van der Waals surface area contributed by atoms with Gasteiger partial charge in [-0.3, -0.25) is 4.79 Å². The first-order valence-corrected chi connectivity index (χ1v) is 7.37. The highest BCUT2D eigenvalue weighted by atomic mass is 16.4.